The molecule has 0 aromatic carbocycles. The van der Waals surface area contributed by atoms with E-state index in [0.717, 1.165) is 31.6 Å². The van der Waals surface area contributed by atoms with Crippen molar-refractivity contribution in [2.45, 2.75) is 58.4 Å². The zero-order valence-electron chi connectivity index (χ0n) is 12.9. The zero-order valence-corrected chi connectivity index (χ0v) is 12.9. The van der Waals surface area contributed by atoms with E-state index in [1.165, 1.54) is 6.42 Å². The Morgan fingerprint density at radius 1 is 1.42 bits per heavy atom. The maximum Gasteiger partial charge on any atom is 0.410 e. The van der Waals surface area contributed by atoms with Crippen LogP contribution >= 0.6 is 0 Å². The van der Waals surface area contributed by atoms with Gasteiger partial charge in [0.05, 0.1) is 12.1 Å². The van der Waals surface area contributed by atoms with Crippen LogP contribution in [0, 0.1) is 11.8 Å². The summed E-state index contributed by atoms with van der Waals surface area (Å²) < 4.78 is 5.33. The van der Waals surface area contributed by atoms with Crippen molar-refractivity contribution in [1.82, 2.24) is 4.90 Å². The van der Waals surface area contributed by atoms with Crippen LogP contribution in [0.1, 0.15) is 52.9 Å². The molecule has 0 atom stereocenters. The van der Waals surface area contributed by atoms with Gasteiger partial charge in [-0.1, -0.05) is 27.2 Å². The molecule has 1 rings (SSSR count). The molecule has 0 aromatic rings. The fourth-order valence-corrected chi connectivity index (χ4v) is 2.83. The summed E-state index contributed by atoms with van der Waals surface area (Å²) in [6.07, 6.45) is 5.31. The first-order valence-electron chi connectivity index (χ1n) is 7.56. The molecule has 0 bridgehead atoms. The zero-order chi connectivity index (χ0) is 14.5. The second kappa shape index (κ2) is 7.13. The molecule has 0 radical (unpaired) electrons. The maximum absolute atomic E-state index is 12.1. The Morgan fingerprint density at radius 3 is 2.42 bits per heavy atom. The van der Waals surface area contributed by atoms with Crippen molar-refractivity contribution in [3.63, 3.8) is 0 Å². The maximum atomic E-state index is 12.1. The second-order valence-electron chi connectivity index (χ2n) is 6.31. The molecule has 0 aliphatic heterocycles. The lowest BCUT2D eigenvalue weighted by Gasteiger charge is -2.45. The van der Waals surface area contributed by atoms with Crippen molar-refractivity contribution >= 4 is 6.09 Å². The minimum Gasteiger partial charge on any atom is -0.449 e. The quantitative estimate of drug-likeness (QED) is 0.835. The predicted molar refractivity (Wildman–Crippen MR) is 78.0 cm³/mol. The molecule has 0 saturated heterocycles. The molecule has 1 amide bonds. The van der Waals surface area contributed by atoms with Crippen molar-refractivity contribution in [3.05, 3.63) is 0 Å². The van der Waals surface area contributed by atoms with E-state index in [0.29, 0.717) is 19.1 Å². The Balaban J connectivity index is 2.60. The summed E-state index contributed by atoms with van der Waals surface area (Å²) in [6.45, 7) is 7.32. The average molecular weight is 270 g/mol. The molecule has 0 spiro atoms. The molecule has 19 heavy (non-hydrogen) atoms. The van der Waals surface area contributed by atoms with E-state index in [-0.39, 0.29) is 11.6 Å². The number of nitrogens with two attached hydrogens (primary N) is 1. The van der Waals surface area contributed by atoms with Gasteiger partial charge in [-0.2, -0.15) is 0 Å². The molecule has 112 valence electrons. The smallest absolute Gasteiger partial charge is 0.410 e. The van der Waals surface area contributed by atoms with Gasteiger partial charge in [0.15, 0.2) is 0 Å². The third-order valence-corrected chi connectivity index (χ3v) is 4.52. The highest BCUT2D eigenvalue weighted by atomic mass is 16.6. The Labute approximate surface area is 117 Å². The lowest BCUT2D eigenvalue weighted by Crippen LogP contribution is -2.56. The molecule has 1 fully saturated rings. The number of hydrogen-bond donors (Lipinski definition) is 1. The second-order valence-corrected chi connectivity index (χ2v) is 6.31. The third-order valence-electron chi connectivity index (χ3n) is 4.52. The third kappa shape index (κ3) is 4.10. The van der Waals surface area contributed by atoms with Gasteiger partial charge in [0, 0.05) is 13.6 Å². The van der Waals surface area contributed by atoms with E-state index < -0.39 is 0 Å². The van der Waals surface area contributed by atoms with Crippen LogP contribution in [0.2, 0.25) is 0 Å². The van der Waals surface area contributed by atoms with E-state index in [9.17, 15) is 4.79 Å². The standard InChI is InChI=1S/C15H30N2O2/c1-5-13-6-8-15(11-16,9-7-13)17(4)14(18)19-10-12(2)3/h12-13H,5-11,16H2,1-4H3. The largest absolute Gasteiger partial charge is 0.449 e. The van der Waals surface area contributed by atoms with Crippen LogP contribution in [0.3, 0.4) is 0 Å². The van der Waals surface area contributed by atoms with Crippen molar-refractivity contribution in [2.24, 2.45) is 17.6 Å². The Bertz CT molecular complexity index is 284. The van der Waals surface area contributed by atoms with Crippen LogP contribution in [0.5, 0.6) is 0 Å². The van der Waals surface area contributed by atoms with Gasteiger partial charge in [-0.05, 0) is 37.5 Å². The highest BCUT2D eigenvalue weighted by Gasteiger charge is 2.40. The number of nitrogens with zero attached hydrogens (tertiary/aromatic N) is 1. The summed E-state index contributed by atoms with van der Waals surface area (Å²) in [5.74, 6) is 1.15. The lowest BCUT2D eigenvalue weighted by atomic mass is 9.75. The molecule has 0 unspecified atom stereocenters. The Kier molecular flexibility index (Phi) is 6.11. The van der Waals surface area contributed by atoms with E-state index in [4.69, 9.17) is 10.5 Å². The topological polar surface area (TPSA) is 55.6 Å². The van der Waals surface area contributed by atoms with Crippen LogP contribution < -0.4 is 5.73 Å². The number of carbonyl (C=O) groups excluding carboxylic acids is 1. The van der Waals surface area contributed by atoms with Gasteiger partial charge in [-0.15, -0.1) is 0 Å². The Morgan fingerprint density at radius 2 is 2.00 bits per heavy atom. The molecule has 4 nitrogen and oxygen atoms in total. The molecule has 2 N–H and O–H groups in total. The number of carbonyl (C=O) groups is 1. The minimum absolute atomic E-state index is 0.195. The van der Waals surface area contributed by atoms with Crippen LogP contribution in [0.4, 0.5) is 4.79 Å². The number of ether oxygens (including phenoxy) is 1. The molecule has 1 saturated carbocycles. The summed E-state index contributed by atoms with van der Waals surface area (Å²) in [5.41, 5.74) is 5.78. The molecule has 4 heteroatoms. The lowest BCUT2D eigenvalue weighted by molar-refractivity contribution is 0.0350. The van der Waals surface area contributed by atoms with E-state index in [1.54, 1.807) is 4.90 Å². The van der Waals surface area contributed by atoms with Crippen molar-refractivity contribution in [3.8, 4) is 0 Å². The van der Waals surface area contributed by atoms with Gasteiger partial charge in [-0.3, -0.25) is 0 Å². The summed E-state index contributed by atoms with van der Waals surface area (Å²) in [7, 11) is 1.84. The first-order valence-corrected chi connectivity index (χ1v) is 7.56. The van der Waals surface area contributed by atoms with Gasteiger partial charge >= 0.3 is 6.09 Å². The van der Waals surface area contributed by atoms with Crippen molar-refractivity contribution in [1.29, 1.82) is 0 Å². The molecular formula is C15H30N2O2. The first kappa shape index (κ1) is 16.3. The highest BCUT2D eigenvalue weighted by molar-refractivity contribution is 5.68. The van der Waals surface area contributed by atoms with Gasteiger partial charge in [0.25, 0.3) is 0 Å². The van der Waals surface area contributed by atoms with Crippen LogP contribution in [-0.2, 0) is 4.74 Å². The number of likely N-dealkylation sites (N-methyl/N-ethyl adjacent to an activating group) is 1. The molecule has 1 aliphatic rings. The summed E-state index contributed by atoms with van der Waals surface area (Å²) >= 11 is 0. The molecule has 0 heterocycles. The van der Waals surface area contributed by atoms with Gasteiger partial charge in [0.1, 0.15) is 0 Å². The SMILES string of the molecule is CCC1CCC(CN)(N(C)C(=O)OCC(C)C)CC1. The number of hydrogen-bond acceptors (Lipinski definition) is 3. The molecular weight excluding hydrogens is 240 g/mol. The fraction of sp³-hybridized carbons (Fsp3) is 0.933. The van der Waals surface area contributed by atoms with Gasteiger partial charge in [0.2, 0.25) is 0 Å². The fourth-order valence-electron chi connectivity index (χ4n) is 2.83. The molecule has 1 aliphatic carbocycles. The van der Waals surface area contributed by atoms with Gasteiger partial charge in [-0.25, -0.2) is 4.79 Å². The number of amides is 1. The minimum atomic E-state index is -0.228. The Hall–Kier alpha value is -0.770. The average Bonchev–Trinajstić information content (AvgIpc) is 2.43. The predicted octanol–water partition coefficient (Wildman–Crippen LogP) is 3.01. The van der Waals surface area contributed by atoms with Crippen LogP contribution in [-0.4, -0.2) is 36.7 Å². The van der Waals surface area contributed by atoms with Gasteiger partial charge < -0.3 is 15.4 Å². The van der Waals surface area contributed by atoms with Crippen molar-refractivity contribution < 1.29 is 9.53 Å². The highest BCUT2D eigenvalue weighted by Crippen LogP contribution is 2.36. The van der Waals surface area contributed by atoms with E-state index in [1.807, 2.05) is 20.9 Å². The first-order chi connectivity index (χ1) is 8.95. The summed E-state index contributed by atoms with van der Waals surface area (Å²) in [4.78, 5) is 13.9. The van der Waals surface area contributed by atoms with Crippen LogP contribution in [0.15, 0.2) is 0 Å². The molecule has 0 aromatic heterocycles. The van der Waals surface area contributed by atoms with E-state index >= 15 is 0 Å². The number of rotatable bonds is 5. The van der Waals surface area contributed by atoms with Crippen molar-refractivity contribution in [2.75, 3.05) is 20.2 Å². The van der Waals surface area contributed by atoms with E-state index in [2.05, 4.69) is 6.92 Å². The summed E-state index contributed by atoms with van der Waals surface area (Å²) in [5, 5.41) is 0. The summed E-state index contributed by atoms with van der Waals surface area (Å²) in [6, 6.07) is 0. The monoisotopic (exact) mass is 270 g/mol. The normalized spacial score (nSPS) is 27.4. The van der Waals surface area contributed by atoms with Crippen LogP contribution in [0.25, 0.3) is 0 Å².